The Bertz CT molecular complexity index is 3450. The minimum absolute atomic E-state index is 1.10. The van der Waals surface area contributed by atoms with Gasteiger partial charge in [0.15, 0.2) is 0 Å². The maximum atomic E-state index is 2.43. The number of hydrogen-bond donors (Lipinski definition) is 0. The SMILES string of the molecule is C(=Cc1ccc(N(c2ccccc2)c2cccc3cc4cc5c(N(c6ccccc6)c6ccc(C=Cc7ccccc7)cc6)c6ccccc6cc5cc4cc23)cc1)c1ccccc1. The second kappa shape index (κ2) is 17.1. The molecular formula is C62H44N2. The van der Waals surface area contributed by atoms with Crippen molar-refractivity contribution in [1.82, 2.24) is 0 Å². The molecular weight excluding hydrogens is 773 g/mol. The van der Waals surface area contributed by atoms with Crippen LogP contribution in [0.1, 0.15) is 22.3 Å². The molecule has 0 bridgehead atoms. The summed E-state index contributed by atoms with van der Waals surface area (Å²) in [4.78, 5) is 4.81. The van der Waals surface area contributed by atoms with Crippen molar-refractivity contribution in [2.75, 3.05) is 9.80 Å². The van der Waals surface area contributed by atoms with E-state index in [1.54, 1.807) is 0 Å². The fourth-order valence-corrected chi connectivity index (χ4v) is 8.96. The third-order valence-electron chi connectivity index (χ3n) is 12.1. The Kier molecular flexibility index (Phi) is 10.3. The van der Waals surface area contributed by atoms with Gasteiger partial charge in [0, 0.05) is 38.9 Å². The smallest absolute Gasteiger partial charge is 0.0618 e. The van der Waals surface area contributed by atoms with Gasteiger partial charge in [-0.1, -0.05) is 182 Å². The Balaban J connectivity index is 1.05. The van der Waals surface area contributed by atoms with Crippen molar-refractivity contribution in [2.45, 2.75) is 0 Å². The summed E-state index contributed by atoms with van der Waals surface area (Å²) in [6.07, 6.45) is 8.69. The maximum absolute atomic E-state index is 2.43. The summed E-state index contributed by atoms with van der Waals surface area (Å²) in [5, 5.41) is 9.58. The van der Waals surface area contributed by atoms with Crippen LogP contribution in [0.25, 0.3) is 67.4 Å². The molecule has 0 saturated carbocycles. The summed E-state index contributed by atoms with van der Waals surface area (Å²) in [5.41, 5.74) is 11.4. The molecule has 0 fully saturated rings. The molecule has 2 nitrogen and oxygen atoms in total. The lowest BCUT2D eigenvalue weighted by atomic mass is 9.94. The van der Waals surface area contributed by atoms with Crippen LogP contribution in [0.15, 0.2) is 243 Å². The van der Waals surface area contributed by atoms with Crippen molar-refractivity contribution < 1.29 is 0 Å². The molecule has 0 heterocycles. The van der Waals surface area contributed by atoms with Crippen LogP contribution < -0.4 is 9.80 Å². The highest BCUT2D eigenvalue weighted by molar-refractivity contribution is 6.18. The number of nitrogens with zero attached hydrogens (tertiary/aromatic N) is 2. The van der Waals surface area contributed by atoms with Crippen LogP contribution in [0, 0.1) is 0 Å². The summed E-state index contributed by atoms with van der Waals surface area (Å²) >= 11 is 0. The zero-order valence-corrected chi connectivity index (χ0v) is 35.3. The van der Waals surface area contributed by atoms with Crippen molar-refractivity contribution in [3.05, 3.63) is 265 Å². The summed E-state index contributed by atoms with van der Waals surface area (Å²) in [6, 6.07) is 87.5. The van der Waals surface area contributed by atoms with Gasteiger partial charge in [-0.15, -0.1) is 0 Å². The number of para-hydroxylation sites is 2. The van der Waals surface area contributed by atoms with Gasteiger partial charge in [0.25, 0.3) is 0 Å². The molecule has 0 radical (unpaired) electrons. The van der Waals surface area contributed by atoms with E-state index in [9.17, 15) is 0 Å². The lowest BCUT2D eigenvalue weighted by Crippen LogP contribution is -2.11. The van der Waals surface area contributed by atoms with Gasteiger partial charge in [-0.05, 0) is 134 Å². The normalized spacial score (nSPS) is 11.6. The topological polar surface area (TPSA) is 6.48 Å². The van der Waals surface area contributed by atoms with Crippen molar-refractivity contribution in [3.63, 3.8) is 0 Å². The van der Waals surface area contributed by atoms with E-state index in [4.69, 9.17) is 0 Å². The van der Waals surface area contributed by atoms with Gasteiger partial charge in [-0.25, -0.2) is 0 Å². The average Bonchev–Trinajstić information content (AvgIpc) is 3.36. The van der Waals surface area contributed by atoms with E-state index in [-0.39, 0.29) is 0 Å². The molecule has 0 aliphatic rings. The van der Waals surface area contributed by atoms with Gasteiger partial charge in [-0.2, -0.15) is 0 Å². The first-order chi connectivity index (χ1) is 31.7. The molecule has 11 aromatic carbocycles. The summed E-state index contributed by atoms with van der Waals surface area (Å²) in [5.74, 6) is 0. The molecule has 64 heavy (non-hydrogen) atoms. The molecule has 0 aliphatic heterocycles. The molecule has 11 aromatic rings. The molecule has 0 aromatic heterocycles. The van der Waals surface area contributed by atoms with E-state index in [0.717, 1.165) is 39.6 Å². The van der Waals surface area contributed by atoms with E-state index in [1.165, 1.54) is 59.9 Å². The molecule has 0 unspecified atom stereocenters. The average molecular weight is 817 g/mol. The Morgan fingerprint density at radius 3 is 1.20 bits per heavy atom. The van der Waals surface area contributed by atoms with Gasteiger partial charge < -0.3 is 9.80 Å². The first-order valence-corrected chi connectivity index (χ1v) is 21.9. The van der Waals surface area contributed by atoms with Gasteiger partial charge in [0.2, 0.25) is 0 Å². The Morgan fingerprint density at radius 1 is 0.234 bits per heavy atom. The van der Waals surface area contributed by atoms with E-state index in [1.807, 2.05) is 6.07 Å². The standard InChI is InChI=1S/C62H44N2/c1-5-16-45(17-6-1)28-30-47-32-36-56(37-33-47)63(54-22-9-3-10-23-54)61-27-15-21-50-40-51-44-60-53(42-52(51)43-59(50)61)41-49-20-13-14-26-58(49)62(60)64(55-24-11-4-12-25-55)57-38-34-48(35-39-57)31-29-46-18-7-2-8-19-46/h1-44H. The van der Waals surface area contributed by atoms with E-state index >= 15 is 0 Å². The highest BCUT2D eigenvalue weighted by Gasteiger charge is 2.21. The largest absolute Gasteiger partial charge is 0.310 e. The first kappa shape index (κ1) is 38.5. The third-order valence-corrected chi connectivity index (χ3v) is 12.1. The molecule has 0 aliphatic carbocycles. The van der Waals surface area contributed by atoms with Gasteiger partial charge in [-0.3, -0.25) is 0 Å². The van der Waals surface area contributed by atoms with Crippen LogP contribution in [0.5, 0.6) is 0 Å². The molecule has 2 heteroatoms. The van der Waals surface area contributed by atoms with Crippen LogP contribution >= 0.6 is 0 Å². The quantitative estimate of drug-likeness (QED) is 0.100. The molecule has 11 rings (SSSR count). The van der Waals surface area contributed by atoms with Crippen molar-refractivity contribution >= 4 is 102 Å². The summed E-state index contributed by atoms with van der Waals surface area (Å²) < 4.78 is 0. The molecule has 0 spiro atoms. The van der Waals surface area contributed by atoms with Crippen LogP contribution in [0.4, 0.5) is 34.1 Å². The lowest BCUT2D eigenvalue weighted by molar-refractivity contribution is 1.30. The Morgan fingerprint density at radius 2 is 0.625 bits per heavy atom. The molecule has 0 amide bonds. The highest BCUT2D eigenvalue weighted by Crippen LogP contribution is 2.46. The van der Waals surface area contributed by atoms with E-state index in [2.05, 4.69) is 271 Å². The van der Waals surface area contributed by atoms with Gasteiger partial charge in [0.05, 0.1) is 11.4 Å². The number of fused-ring (bicyclic) bond motifs is 4. The zero-order valence-electron chi connectivity index (χ0n) is 35.3. The predicted molar refractivity (Wildman–Crippen MR) is 277 cm³/mol. The first-order valence-electron chi connectivity index (χ1n) is 21.9. The number of hydrogen-bond acceptors (Lipinski definition) is 2. The maximum Gasteiger partial charge on any atom is 0.0618 e. The summed E-state index contributed by atoms with van der Waals surface area (Å²) in [6.45, 7) is 0. The zero-order chi connectivity index (χ0) is 42.7. The second-order valence-electron chi connectivity index (χ2n) is 16.2. The van der Waals surface area contributed by atoms with E-state index in [0.29, 0.717) is 0 Å². The van der Waals surface area contributed by atoms with Crippen LogP contribution in [0.3, 0.4) is 0 Å². The van der Waals surface area contributed by atoms with Crippen LogP contribution in [-0.2, 0) is 0 Å². The summed E-state index contributed by atoms with van der Waals surface area (Å²) in [7, 11) is 0. The lowest BCUT2D eigenvalue weighted by Gasteiger charge is -2.29. The fourth-order valence-electron chi connectivity index (χ4n) is 8.96. The third kappa shape index (κ3) is 7.70. The Hall–Kier alpha value is -8.46. The molecule has 0 N–H and O–H groups in total. The number of anilines is 6. The number of benzene rings is 11. The second-order valence-corrected chi connectivity index (χ2v) is 16.2. The fraction of sp³-hybridized carbons (Fsp3) is 0. The Labute approximate surface area is 374 Å². The van der Waals surface area contributed by atoms with Gasteiger partial charge in [0.1, 0.15) is 0 Å². The van der Waals surface area contributed by atoms with Crippen molar-refractivity contribution in [3.8, 4) is 0 Å². The molecule has 302 valence electrons. The predicted octanol–water partition coefficient (Wildman–Crippen LogP) is 17.6. The number of rotatable bonds is 10. The van der Waals surface area contributed by atoms with Gasteiger partial charge >= 0.3 is 0 Å². The van der Waals surface area contributed by atoms with Crippen molar-refractivity contribution in [2.24, 2.45) is 0 Å². The minimum atomic E-state index is 1.10. The van der Waals surface area contributed by atoms with Crippen LogP contribution in [-0.4, -0.2) is 0 Å². The minimum Gasteiger partial charge on any atom is -0.310 e. The monoisotopic (exact) mass is 816 g/mol. The molecule has 0 atom stereocenters. The highest BCUT2D eigenvalue weighted by atomic mass is 15.1. The van der Waals surface area contributed by atoms with Crippen molar-refractivity contribution in [1.29, 1.82) is 0 Å². The molecule has 0 saturated heterocycles. The van der Waals surface area contributed by atoms with E-state index < -0.39 is 0 Å². The van der Waals surface area contributed by atoms with Crippen LogP contribution in [0.2, 0.25) is 0 Å².